The monoisotopic (exact) mass is 407 g/mol. The molecule has 0 fully saturated rings. The summed E-state index contributed by atoms with van der Waals surface area (Å²) >= 11 is 0. The number of hydrogen-bond donors (Lipinski definition) is 4. The largest absolute Gasteiger partial charge is 0.354 e. The van der Waals surface area contributed by atoms with Gasteiger partial charge in [0.15, 0.2) is 0 Å². The number of H-pyrrole nitrogens is 1. The first-order chi connectivity index (χ1) is 13.2. The lowest BCUT2D eigenvalue weighted by Gasteiger charge is -2.21. The molecule has 28 heavy (non-hydrogen) atoms. The van der Waals surface area contributed by atoms with Gasteiger partial charge in [-0.3, -0.25) is 4.79 Å². The van der Waals surface area contributed by atoms with Crippen LogP contribution >= 0.6 is 0 Å². The number of rotatable bonds is 8. The van der Waals surface area contributed by atoms with Crippen LogP contribution in [0, 0.1) is 12.8 Å². The van der Waals surface area contributed by atoms with E-state index in [1.165, 1.54) is 12.1 Å². The topological polar surface area (TPSA) is 133 Å². The maximum atomic E-state index is 12.4. The van der Waals surface area contributed by atoms with Crippen LogP contribution in [0.1, 0.15) is 25.1 Å². The Morgan fingerprint density at radius 1 is 1.18 bits per heavy atom. The van der Waals surface area contributed by atoms with Crippen LogP contribution in [-0.4, -0.2) is 42.9 Å². The summed E-state index contributed by atoms with van der Waals surface area (Å²) in [5.74, 6) is -0.627. The molecule has 152 valence electrons. The first-order valence-corrected chi connectivity index (χ1v) is 10.3. The summed E-state index contributed by atoms with van der Waals surface area (Å²) < 4.78 is 26.5. The number of carbonyl (C=O) groups is 2. The van der Waals surface area contributed by atoms with Gasteiger partial charge in [0, 0.05) is 24.9 Å². The quantitative estimate of drug-likeness (QED) is 0.520. The number of imidazole rings is 1. The van der Waals surface area contributed by atoms with Crippen molar-refractivity contribution in [1.82, 2.24) is 25.3 Å². The number of nitrogens with one attached hydrogen (secondary N) is 4. The van der Waals surface area contributed by atoms with E-state index in [2.05, 4.69) is 20.6 Å². The molecule has 0 aliphatic carbocycles. The highest BCUT2D eigenvalue weighted by Gasteiger charge is 2.26. The molecule has 0 spiro atoms. The van der Waals surface area contributed by atoms with E-state index < -0.39 is 28.0 Å². The Balaban J connectivity index is 1.93. The van der Waals surface area contributed by atoms with E-state index in [0.717, 1.165) is 11.3 Å². The van der Waals surface area contributed by atoms with E-state index in [4.69, 9.17) is 0 Å². The molecule has 10 heteroatoms. The van der Waals surface area contributed by atoms with Crippen LogP contribution in [0.5, 0.6) is 0 Å². The molecule has 0 aliphatic heterocycles. The van der Waals surface area contributed by atoms with E-state index >= 15 is 0 Å². The third-order valence-electron chi connectivity index (χ3n) is 4.04. The highest BCUT2D eigenvalue weighted by atomic mass is 32.2. The summed E-state index contributed by atoms with van der Waals surface area (Å²) in [6.45, 7) is 5.70. The van der Waals surface area contributed by atoms with Gasteiger partial charge in [-0.25, -0.2) is 22.9 Å². The molecule has 1 aromatic heterocycles. The van der Waals surface area contributed by atoms with Crippen LogP contribution in [0.15, 0.2) is 41.7 Å². The second kappa shape index (κ2) is 9.36. The second-order valence-corrected chi connectivity index (χ2v) is 8.41. The number of benzene rings is 1. The number of aryl methyl sites for hydroxylation is 1. The smallest absolute Gasteiger partial charge is 0.329 e. The molecule has 0 radical (unpaired) electrons. The van der Waals surface area contributed by atoms with Crippen molar-refractivity contribution in [2.45, 2.75) is 38.1 Å². The first-order valence-electron chi connectivity index (χ1n) is 8.84. The van der Waals surface area contributed by atoms with Gasteiger partial charge in [-0.1, -0.05) is 31.5 Å². The summed E-state index contributed by atoms with van der Waals surface area (Å²) in [4.78, 5) is 31.4. The van der Waals surface area contributed by atoms with E-state index in [0.29, 0.717) is 13.0 Å². The van der Waals surface area contributed by atoms with Gasteiger partial charge in [0.2, 0.25) is 5.91 Å². The van der Waals surface area contributed by atoms with Crippen molar-refractivity contribution in [3.05, 3.63) is 48.0 Å². The number of sulfonamides is 1. The number of amides is 3. The minimum atomic E-state index is -4.02. The summed E-state index contributed by atoms with van der Waals surface area (Å²) in [5, 5.41) is 5.17. The fourth-order valence-electron chi connectivity index (χ4n) is 2.46. The van der Waals surface area contributed by atoms with Gasteiger partial charge in [0.25, 0.3) is 10.0 Å². The lowest BCUT2D eigenvalue weighted by atomic mass is 10.0. The molecule has 2 rings (SSSR count). The van der Waals surface area contributed by atoms with Gasteiger partial charge in [-0.15, -0.1) is 0 Å². The minimum Gasteiger partial charge on any atom is -0.354 e. The number of aromatic nitrogens is 2. The van der Waals surface area contributed by atoms with Gasteiger partial charge in [-0.2, -0.15) is 0 Å². The van der Waals surface area contributed by atoms with Gasteiger partial charge in [-0.05, 0) is 25.0 Å². The highest BCUT2D eigenvalue weighted by molar-refractivity contribution is 7.90. The zero-order chi connectivity index (χ0) is 20.7. The Labute approximate surface area is 164 Å². The minimum absolute atomic E-state index is 0.0293. The zero-order valence-electron chi connectivity index (χ0n) is 16.0. The van der Waals surface area contributed by atoms with Crippen LogP contribution in [0.4, 0.5) is 4.79 Å². The Bertz CT molecular complexity index is 893. The van der Waals surface area contributed by atoms with Gasteiger partial charge < -0.3 is 15.6 Å². The molecule has 1 heterocycles. The third kappa shape index (κ3) is 6.08. The molecule has 0 saturated heterocycles. The molecule has 0 unspecified atom stereocenters. The number of urea groups is 1. The third-order valence-corrected chi connectivity index (χ3v) is 5.39. The summed E-state index contributed by atoms with van der Waals surface area (Å²) in [6, 6.07) is 4.26. The molecular formula is C18H25N5O4S. The van der Waals surface area contributed by atoms with E-state index in [-0.39, 0.29) is 10.8 Å². The van der Waals surface area contributed by atoms with Gasteiger partial charge in [0.05, 0.1) is 11.2 Å². The Morgan fingerprint density at radius 2 is 1.86 bits per heavy atom. The maximum Gasteiger partial charge on any atom is 0.329 e. The standard InChI is InChI=1S/C18H25N5O4S/c1-12(2)16(17(24)20-9-8-14-10-19-11-21-14)22-18(25)23-28(26,27)15-6-4-13(3)5-7-15/h4-7,10-12,16H,8-9H2,1-3H3,(H,19,21)(H,20,24)(H2,22,23,25)/t16-/m0/s1. The highest BCUT2D eigenvalue weighted by Crippen LogP contribution is 2.10. The van der Waals surface area contributed by atoms with Crippen molar-refractivity contribution in [3.63, 3.8) is 0 Å². The van der Waals surface area contributed by atoms with Crippen molar-refractivity contribution in [3.8, 4) is 0 Å². The predicted octanol–water partition coefficient (Wildman–Crippen LogP) is 1.09. The van der Waals surface area contributed by atoms with Crippen LogP contribution in [-0.2, 0) is 21.2 Å². The van der Waals surface area contributed by atoms with Crippen LogP contribution < -0.4 is 15.4 Å². The van der Waals surface area contributed by atoms with Crippen LogP contribution in [0.2, 0.25) is 0 Å². The lowest BCUT2D eigenvalue weighted by Crippen LogP contribution is -2.53. The predicted molar refractivity (Wildman–Crippen MR) is 104 cm³/mol. The Hall–Kier alpha value is -2.88. The first kappa shape index (κ1) is 21.4. The average molecular weight is 407 g/mol. The summed E-state index contributed by atoms with van der Waals surface area (Å²) in [7, 11) is -4.02. The number of nitrogens with zero attached hydrogens (tertiary/aromatic N) is 1. The average Bonchev–Trinajstić information content (AvgIpc) is 3.12. The fraction of sp³-hybridized carbons (Fsp3) is 0.389. The Morgan fingerprint density at radius 3 is 2.43 bits per heavy atom. The van der Waals surface area contributed by atoms with E-state index in [9.17, 15) is 18.0 Å². The summed E-state index contributed by atoms with van der Waals surface area (Å²) in [6.07, 6.45) is 3.77. The molecule has 1 atom stereocenters. The van der Waals surface area contributed by atoms with E-state index in [1.807, 2.05) is 11.6 Å². The number of carbonyl (C=O) groups excluding carboxylic acids is 2. The van der Waals surface area contributed by atoms with Gasteiger partial charge >= 0.3 is 6.03 Å². The zero-order valence-corrected chi connectivity index (χ0v) is 16.8. The molecule has 4 N–H and O–H groups in total. The SMILES string of the molecule is Cc1ccc(S(=O)(=O)NC(=O)N[C@H](C(=O)NCCc2cnc[nH]2)C(C)C)cc1. The van der Waals surface area contributed by atoms with Gasteiger partial charge in [0.1, 0.15) is 6.04 Å². The molecule has 3 amide bonds. The molecular weight excluding hydrogens is 382 g/mol. The van der Waals surface area contributed by atoms with Crippen LogP contribution in [0.3, 0.4) is 0 Å². The van der Waals surface area contributed by atoms with E-state index in [1.54, 1.807) is 38.5 Å². The van der Waals surface area contributed by atoms with Crippen molar-refractivity contribution < 1.29 is 18.0 Å². The van der Waals surface area contributed by atoms with Crippen molar-refractivity contribution in [1.29, 1.82) is 0 Å². The second-order valence-electron chi connectivity index (χ2n) is 6.73. The summed E-state index contributed by atoms with van der Waals surface area (Å²) in [5.41, 5.74) is 1.77. The molecule has 0 aliphatic rings. The lowest BCUT2D eigenvalue weighted by molar-refractivity contribution is -0.123. The molecule has 0 saturated carbocycles. The van der Waals surface area contributed by atoms with Crippen LogP contribution in [0.25, 0.3) is 0 Å². The Kier molecular flexibility index (Phi) is 7.16. The van der Waals surface area contributed by atoms with Crippen molar-refractivity contribution in [2.75, 3.05) is 6.54 Å². The molecule has 9 nitrogen and oxygen atoms in total. The maximum absolute atomic E-state index is 12.4. The number of hydrogen-bond acceptors (Lipinski definition) is 5. The fourth-order valence-corrected chi connectivity index (χ4v) is 3.37. The molecule has 2 aromatic rings. The van der Waals surface area contributed by atoms with Crippen molar-refractivity contribution >= 4 is 22.0 Å². The molecule has 0 bridgehead atoms. The van der Waals surface area contributed by atoms with Crippen molar-refractivity contribution in [2.24, 2.45) is 5.92 Å². The number of aromatic amines is 1. The normalized spacial score (nSPS) is 12.4. The molecule has 1 aromatic carbocycles.